The van der Waals surface area contributed by atoms with Gasteiger partial charge in [-0.15, -0.1) is 0 Å². The third-order valence-electron chi connectivity index (χ3n) is 4.30. The van der Waals surface area contributed by atoms with E-state index in [0.29, 0.717) is 22.7 Å². The van der Waals surface area contributed by atoms with Crippen LogP contribution >= 0.6 is 0 Å². The van der Waals surface area contributed by atoms with E-state index >= 15 is 0 Å². The Bertz CT molecular complexity index is 1340. The first-order chi connectivity index (χ1) is 13.9. The summed E-state index contributed by atoms with van der Waals surface area (Å²) in [6.07, 6.45) is 1.11. The predicted molar refractivity (Wildman–Crippen MR) is 115 cm³/mol. The van der Waals surface area contributed by atoms with Crippen molar-refractivity contribution in [2.45, 2.75) is 0 Å². The van der Waals surface area contributed by atoms with E-state index in [9.17, 15) is 13.2 Å². The minimum atomic E-state index is -3.32. The zero-order valence-electron chi connectivity index (χ0n) is 15.5. The Balaban J connectivity index is 1.64. The molecule has 1 heterocycles. The fourth-order valence-electron chi connectivity index (χ4n) is 3.07. The molecular weight excluding hydrogens is 388 g/mol. The minimum absolute atomic E-state index is 0.233. The molecule has 0 aliphatic heterocycles. The molecule has 4 rings (SSSR count). The van der Waals surface area contributed by atoms with Gasteiger partial charge in [-0.05, 0) is 47.5 Å². The van der Waals surface area contributed by atoms with Gasteiger partial charge in [-0.25, -0.2) is 8.42 Å². The molecule has 0 bridgehead atoms. The maximum Gasteiger partial charge on any atom is 0.252 e. The number of sulfonamides is 1. The van der Waals surface area contributed by atoms with E-state index in [0.717, 1.165) is 22.8 Å². The zero-order chi connectivity index (χ0) is 20.4. The maximum absolute atomic E-state index is 11.9. The predicted octanol–water partition coefficient (Wildman–Crippen LogP) is 4.36. The monoisotopic (exact) mass is 406 g/mol. The van der Waals surface area contributed by atoms with Crippen LogP contribution in [0.5, 0.6) is 11.5 Å². The number of benzene rings is 3. The summed E-state index contributed by atoms with van der Waals surface area (Å²) in [6, 6.07) is 23.4. The molecule has 0 fully saturated rings. The smallest absolute Gasteiger partial charge is 0.252 e. The molecule has 4 aromatic rings. The molecule has 146 valence electrons. The van der Waals surface area contributed by atoms with Crippen molar-refractivity contribution in [2.24, 2.45) is 0 Å². The molecule has 2 N–H and O–H groups in total. The van der Waals surface area contributed by atoms with E-state index in [2.05, 4.69) is 9.71 Å². The van der Waals surface area contributed by atoms with Crippen molar-refractivity contribution < 1.29 is 13.2 Å². The van der Waals surface area contributed by atoms with Crippen LogP contribution in [0, 0.1) is 0 Å². The van der Waals surface area contributed by atoms with Gasteiger partial charge in [-0.3, -0.25) is 9.52 Å². The number of fused-ring (bicyclic) bond motifs is 1. The highest BCUT2D eigenvalue weighted by molar-refractivity contribution is 7.92. The van der Waals surface area contributed by atoms with Crippen LogP contribution in [0.2, 0.25) is 0 Å². The molecule has 0 saturated carbocycles. The summed E-state index contributed by atoms with van der Waals surface area (Å²) in [7, 11) is -3.32. The number of H-pyrrole nitrogens is 1. The summed E-state index contributed by atoms with van der Waals surface area (Å²) in [6.45, 7) is 0. The van der Waals surface area contributed by atoms with Crippen LogP contribution in [0.1, 0.15) is 0 Å². The molecule has 3 aromatic carbocycles. The average Bonchev–Trinajstić information content (AvgIpc) is 2.67. The van der Waals surface area contributed by atoms with E-state index < -0.39 is 10.0 Å². The lowest BCUT2D eigenvalue weighted by atomic mass is 10.1. The Labute approximate surface area is 167 Å². The summed E-state index contributed by atoms with van der Waals surface area (Å²) >= 11 is 0. The standard InChI is InChI=1S/C22H18N2O4S/c1-29(26,27)24-17-11-9-15(10-12-17)16-5-4-6-18(13-16)28-21-14-22(25)23-20-8-3-2-7-19(20)21/h2-14,24H,1H3,(H,23,25). The van der Waals surface area contributed by atoms with E-state index in [1.54, 1.807) is 12.1 Å². The van der Waals surface area contributed by atoms with Crippen LogP contribution in [0.25, 0.3) is 22.0 Å². The lowest BCUT2D eigenvalue weighted by Crippen LogP contribution is -2.09. The van der Waals surface area contributed by atoms with Crippen LogP contribution < -0.4 is 15.0 Å². The summed E-state index contributed by atoms with van der Waals surface area (Å²) in [5.74, 6) is 1.07. The highest BCUT2D eigenvalue weighted by atomic mass is 32.2. The lowest BCUT2D eigenvalue weighted by molar-refractivity contribution is 0.487. The van der Waals surface area contributed by atoms with Crippen LogP contribution in [0.15, 0.2) is 83.7 Å². The van der Waals surface area contributed by atoms with Gasteiger partial charge in [0.2, 0.25) is 10.0 Å². The van der Waals surface area contributed by atoms with Gasteiger partial charge in [-0.2, -0.15) is 0 Å². The fraction of sp³-hybridized carbons (Fsp3) is 0.0455. The number of hydrogen-bond acceptors (Lipinski definition) is 4. The number of pyridine rings is 1. The van der Waals surface area contributed by atoms with Gasteiger partial charge in [0.05, 0.1) is 11.8 Å². The first-order valence-electron chi connectivity index (χ1n) is 8.86. The topological polar surface area (TPSA) is 88.3 Å². The van der Waals surface area contributed by atoms with Gasteiger partial charge >= 0.3 is 0 Å². The van der Waals surface area contributed by atoms with Gasteiger partial charge in [0.25, 0.3) is 5.56 Å². The number of aromatic amines is 1. The Kier molecular flexibility index (Phi) is 4.82. The molecule has 0 saturated heterocycles. The first-order valence-corrected chi connectivity index (χ1v) is 10.7. The Hall–Kier alpha value is -3.58. The second-order valence-electron chi connectivity index (χ2n) is 6.62. The highest BCUT2D eigenvalue weighted by Crippen LogP contribution is 2.30. The molecular formula is C22H18N2O4S. The van der Waals surface area contributed by atoms with Gasteiger partial charge < -0.3 is 9.72 Å². The second-order valence-corrected chi connectivity index (χ2v) is 8.37. The van der Waals surface area contributed by atoms with E-state index in [1.165, 1.54) is 6.07 Å². The normalized spacial score (nSPS) is 11.3. The van der Waals surface area contributed by atoms with Crippen LogP contribution in [0.3, 0.4) is 0 Å². The number of nitrogens with one attached hydrogen (secondary N) is 2. The van der Waals surface area contributed by atoms with Crippen molar-refractivity contribution in [3.05, 3.63) is 89.2 Å². The molecule has 0 atom stereocenters. The molecule has 0 spiro atoms. The fourth-order valence-corrected chi connectivity index (χ4v) is 3.63. The number of ether oxygens (including phenoxy) is 1. The summed E-state index contributed by atoms with van der Waals surface area (Å²) in [4.78, 5) is 14.7. The molecule has 6 nitrogen and oxygen atoms in total. The Morgan fingerprint density at radius 1 is 0.862 bits per heavy atom. The molecule has 0 unspecified atom stereocenters. The summed E-state index contributed by atoms with van der Waals surface area (Å²) in [5.41, 5.74) is 2.79. The Morgan fingerprint density at radius 2 is 1.62 bits per heavy atom. The molecule has 0 radical (unpaired) electrons. The molecule has 0 amide bonds. The van der Waals surface area contributed by atoms with Crippen LogP contribution in [-0.2, 0) is 10.0 Å². The van der Waals surface area contributed by atoms with E-state index in [4.69, 9.17) is 4.74 Å². The molecule has 0 aliphatic carbocycles. The van der Waals surface area contributed by atoms with E-state index in [-0.39, 0.29) is 5.56 Å². The molecule has 0 aliphatic rings. The van der Waals surface area contributed by atoms with Gasteiger partial charge in [0.15, 0.2) is 0 Å². The number of rotatable bonds is 5. The highest BCUT2D eigenvalue weighted by Gasteiger charge is 2.07. The first kappa shape index (κ1) is 18.8. The number of aromatic nitrogens is 1. The van der Waals surface area contributed by atoms with Gasteiger partial charge in [0, 0.05) is 17.1 Å². The largest absolute Gasteiger partial charge is 0.456 e. The Morgan fingerprint density at radius 3 is 2.38 bits per heavy atom. The third kappa shape index (κ3) is 4.47. The van der Waals surface area contributed by atoms with Crippen molar-refractivity contribution in [2.75, 3.05) is 11.0 Å². The molecule has 1 aromatic heterocycles. The minimum Gasteiger partial charge on any atom is -0.456 e. The quantitative estimate of drug-likeness (QED) is 0.515. The van der Waals surface area contributed by atoms with Crippen molar-refractivity contribution in [3.63, 3.8) is 0 Å². The van der Waals surface area contributed by atoms with Crippen molar-refractivity contribution >= 4 is 26.6 Å². The maximum atomic E-state index is 11.9. The summed E-state index contributed by atoms with van der Waals surface area (Å²) < 4.78 is 31.1. The van der Waals surface area contributed by atoms with E-state index in [1.807, 2.05) is 60.7 Å². The molecule has 7 heteroatoms. The third-order valence-corrected chi connectivity index (χ3v) is 4.90. The summed E-state index contributed by atoms with van der Waals surface area (Å²) in [5, 5.41) is 0.814. The van der Waals surface area contributed by atoms with Crippen LogP contribution in [0.4, 0.5) is 5.69 Å². The van der Waals surface area contributed by atoms with Crippen molar-refractivity contribution in [3.8, 4) is 22.6 Å². The average molecular weight is 406 g/mol. The number of hydrogen-bond donors (Lipinski definition) is 2. The van der Waals surface area contributed by atoms with Crippen LogP contribution in [-0.4, -0.2) is 19.7 Å². The SMILES string of the molecule is CS(=O)(=O)Nc1ccc(-c2cccc(Oc3cc(=O)[nH]c4ccccc34)c2)cc1. The second kappa shape index (κ2) is 7.44. The number of anilines is 1. The molecule has 29 heavy (non-hydrogen) atoms. The lowest BCUT2D eigenvalue weighted by Gasteiger charge is -2.10. The van der Waals surface area contributed by atoms with Gasteiger partial charge in [-0.1, -0.05) is 36.4 Å². The van der Waals surface area contributed by atoms with Gasteiger partial charge in [0.1, 0.15) is 11.5 Å². The number of para-hydroxylation sites is 1. The van der Waals surface area contributed by atoms with Crippen molar-refractivity contribution in [1.82, 2.24) is 4.98 Å². The zero-order valence-corrected chi connectivity index (χ0v) is 16.4. The van der Waals surface area contributed by atoms with Crippen molar-refractivity contribution in [1.29, 1.82) is 0 Å².